The van der Waals surface area contributed by atoms with Gasteiger partial charge in [-0.1, -0.05) is 0 Å². The molecule has 0 aromatic rings. The van der Waals surface area contributed by atoms with E-state index in [1.165, 1.54) is 0 Å². The van der Waals surface area contributed by atoms with E-state index in [0.717, 1.165) is 12.8 Å². The van der Waals surface area contributed by atoms with Gasteiger partial charge in [-0.05, 0) is 25.2 Å². The largest absolute Gasteiger partial charge is 0.481 e. The molecule has 2 unspecified atom stereocenters. The fourth-order valence-electron chi connectivity index (χ4n) is 2.28. The monoisotopic (exact) mass is 252 g/mol. The lowest BCUT2D eigenvalue weighted by Crippen LogP contribution is -2.47. The van der Waals surface area contributed by atoms with Crippen molar-refractivity contribution < 1.29 is 14.7 Å². The van der Waals surface area contributed by atoms with Crippen molar-refractivity contribution in [3.8, 4) is 12.3 Å². The highest BCUT2D eigenvalue weighted by Crippen LogP contribution is 2.21. The average molecular weight is 252 g/mol. The number of nitrogens with two attached hydrogens (primary N) is 1. The number of aliphatic carboxylic acids is 1. The van der Waals surface area contributed by atoms with E-state index in [2.05, 4.69) is 5.92 Å². The van der Waals surface area contributed by atoms with Crippen molar-refractivity contribution in [1.29, 1.82) is 0 Å². The summed E-state index contributed by atoms with van der Waals surface area (Å²) in [6.07, 6.45) is 8.03. The Labute approximate surface area is 107 Å². The fourth-order valence-corrected chi connectivity index (χ4v) is 2.28. The summed E-state index contributed by atoms with van der Waals surface area (Å²) in [7, 11) is 0. The predicted molar refractivity (Wildman–Crippen MR) is 67.6 cm³/mol. The van der Waals surface area contributed by atoms with Gasteiger partial charge in [-0.25, -0.2) is 0 Å². The second kappa shape index (κ2) is 7.02. The standard InChI is InChI=1S/C13H20N2O3/c1-2-4-11(14)13(18)15-8-3-5-10(9-15)6-7-12(16)17/h1,10-11H,3-9,14H2,(H,16,17). The lowest BCUT2D eigenvalue weighted by atomic mass is 9.93. The number of carboxylic acid groups (broad SMARTS) is 1. The molecular formula is C13H20N2O3. The first kappa shape index (κ1) is 14.5. The third-order valence-electron chi connectivity index (χ3n) is 3.25. The smallest absolute Gasteiger partial charge is 0.303 e. The molecule has 1 fully saturated rings. The summed E-state index contributed by atoms with van der Waals surface area (Å²) in [5.74, 6) is 1.74. The molecule has 1 amide bonds. The minimum absolute atomic E-state index is 0.118. The van der Waals surface area contributed by atoms with Gasteiger partial charge >= 0.3 is 5.97 Å². The molecule has 5 heteroatoms. The predicted octanol–water partition coefficient (Wildman–Crippen LogP) is 0.440. The molecule has 0 aromatic carbocycles. The van der Waals surface area contributed by atoms with Crippen molar-refractivity contribution >= 4 is 11.9 Å². The number of likely N-dealkylation sites (tertiary alicyclic amines) is 1. The van der Waals surface area contributed by atoms with Crippen molar-refractivity contribution in [1.82, 2.24) is 4.90 Å². The molecule has 1 rings (SSSR count). The quantitative estimate of drug-likeness (QED) is 0.695. The molecule has 1 heterocycles. The number of rotatable bonds is 5. The van der Waals surface area contributed by atoms with E-state index < -0.39 is 12.0 Å². The van der Waals surface area contributed by atoms with Gasteiger partial charge in [-0.3, -0.25) is 9.59 Å². The molecule has 0 aromatic heterocycles. The first-order valence-corrected chi connectivity index (χ1v) is 6.24. The van der Waals surface area contributed by atoms with Crippen molar-refractivity contribution in [2.45, 2.75) is 38.1 Å². The normalized spacial score (nSPS) is 21.1. The summed E-state index contributed by atoms with van der Waals surface area (Å²) in [5.41, 5.74) is 5.70. The van der Waals surface area contributed by atoms with Crippen LogP contribution in [0.2, 0.25) is 0 Å². The van der Waals surface area contributed by atoms with Crippen LogP contribution in [0.1, 0.15) is 32.1 Å². The van der Waals surface area contributed by atoms with E-state index in [4.69, 9.17) is 17.3 Å². The molecule has 1 aliphatic rings. The zero-order valence-electron chi connectivity index (χ0n) is 10.5. The highest BCUT2D eigenvalue weighted by atomic mass is 16.4. The number of terminal acetylenes is 1. The zero-order valence-corrected chi connectivity index (χ0v) is 10.5. The molecule has 100 valence electrons. The van der Waals surface area contributed by atoms with Crippen LogP contribution in [-0.4, -0.2) is 41.0 Å². The van der Waals surface area contributed by atoms with E-state index >= 15 is 0 Å². The minimum Gasteiger partial charge on any atom is -0.481 e. The van der Waals surface area contributed by atoms with E-state index in [0.29, 0.717) is 19.5 Å². The summed E-state index contributed by atoms with van der Waals surface area (Å²) in [6.45, 7) is 1.30. The molecule has 3 N–H and O–H groups in total. The maximum atomic E-state index is 12.0. The second-order valence-electron chi connectivity index (χ2n) is 4.74. The zero-order chi connectivity index (χ0) is 13.5. The van der Waals surface area contributed by atoms with Gasteiger partial charge in [0.1, 0.15) is 0 Å². The lowest BCUT2D eigenvalue weighted by Gasteiger charge is -2.34. The molecule has 5 nitrogen and oxygen atoms in total. The number of carbonyl (C=O) groups excluding carboxylic acids is 1. The number of hydrogen-bond donors (Lipinski definition) is 2. The van der Waals surface area contributed by atoms with Crippen LogP contribution >= 0.6 is 0 Å². The van der Waals surface area contributed by atoms with Gasteiger partial charge in [0.25, 0.3) is 0 Å². The van der Waals surface area contributed by atoms with Crippen LogP contribution in [0.4, 0.5) is 0 Å². The first-order valence-electron chi connectivity index (χ1n) is 6.24. The Morgan fingerprint density at radius 3 is 2.89 bits per heavy atom. The number of hydrogen-bond acceptors (Lipinski definition) is 3. The molecule has 0 spiro atoms. The number of carboxylic acids is 1. The lowest BCUT2D eigenvalue weighted by molar-refractivity contribution is -0.137. The second-order valence-corrected chi connectivity index (χ2v) is 4.74. The Bertz CT molecular complexity index is 349. The van der Waals surface area contributed by atoms with Crippen LogP contribution in [0.25, 0.3) is 0 Å². The minimum atomic E-state index is -0.789. The molecule has 2 atom stereocenters. The van der Waals surface area contributed by atoms with Crippen LogP contribution in [-0.2, 0) is 9.59 Å². The van der Waals surface area contributed by atoms with Gasteiger partial charge in [-0.2, -0.15) is 0 Å². The fraction of sp³-hybridized carbons (Fsp3) is 0.692. The number of amides is 1. The van der Waals surface area contributed by atoms with Crippen LogP contribution < -0.4 is 5.73 Å². The summed E-state index contributed by atoms with van der Waals surface area (Å²) in [6, 6.07) is -0.631. The van der Waals surface area contributed by atoms with Gasteiger partial charge in [0, 0.05) is 25.9 Å². The Morgan fingerprint density at radius 2 is 2.28 bits per heavy atom. The SMILES string of the molecule is C#CCC(N)C(=O)N1CCCC(CCC(=O)O)C1. The van der Waals surface area contributed by atoms with Crippen LogP contribution in [0.15, 0.2) is 0 Å². The maximum absolute atomic E-state index is 12.0. The molecule has 1 saturated heterocycles. The highest BCUT2D eigenvalue weighted by molar-refractivity contribution is 5.82. The first-order chi connectivity index (χ1) is 8.54. The van der Waals surface area contributed by atoms with Gasteiger partial charge < -0.3 is 15.7 Å². The topological polar surface area (TPSA) is 83.6 Å². The molecule has 18 heavy (non-hydrogen) atoms. The van der Waals surface area contributed by atoms with E-state index in [9.17, 15) is 9.59 Å². The van der Waals surface area contributed by atoms with E-state index in [-0.39, 0.29) is 24.7 Å². The van der Waals surface area contributed by atoms with Gasteiger partial charge in [0.2, 0.25) is 5.91 Å². The van der Waals surface area contributed by atoms with Gasteiger partial charge in [0.05, 0.1) is 6.04 Å². The Morgan fingerprint density at radius 1 is 1.56 bits per heavy atom. The molecule has 1 aliphatic heterocycles. The van der Waals surface area contributed by atoms with Gasteiger partial charge in [-0.15, -0.1) is 12.3 Å². The van der Waals surface area contributed by atoms with Crippen LogP contribution in [0.5, 0.6) is 0 Å². The van der Waals surface area contributed by atoms with Crippen molar-refractivity contribution in [2.24, 2.45) is 11.7 Å². The summed E-state index contributed by atoms with van der Waals surface area (Å²) >= 11 is 0. The Balaban J connectivity index is 2.45. The van der Waals surface area contributed by atoms with Crippen LogP contribution in [0.3, 0.4) is 0 Å². The molecule has 0 bridgehead atoms. The molecule has 0 radical (unpaired) electrons. The highest BCUT2D eigenvalue weighted by Gasteiger charge is 2.26. The average Bonchev–Trinajstić information content (AvgIpc) is 2.36. The van der Waals surface area contributed by atoms with Crippen LogP contribution in [0, 0.1) is 18.3 Å². The molecule has 0 saturated carbocycles. The number of nitrogens with zero attached hydrogens (tertiary/aromatic N) is 1. The summed E-state index contributed by atoms with van der Waals surface area (Å²) in [4.78, 5) is 24.2. The third-order valence-corrected chi connectivity index (χ3v) is 3.25. The van der Waals surface area contributed by atoms with Crippen molar-refractivity contribution in [2.75, 3.05) is 13.1 Å². The maximum Gasteiger partial charge on any atom is 0.303 e. The Hall–Kier alpha value is -1.54. The van der Waals surface area contributed by atoms with E-state index in [1.807, 2.05) is 0 Å². The van der Waals surface area contributed by atoms with Gasteiger partial charge in [0.15, 0.2) is 0 Å². The number of carbonyl (C=O) groups is 2. The molecule has 0 aliphatic carbocycles. The molecular weight excluding hydrogens is 232 g/mol. The Kier molecular flexibility index (Phi) is 5.66. The van der Waals surface area contributed by atoms with Crippen molar-refractivity contribution in [3.63, 3.8) is 0 Å². The number of piperidine rings is 1. The summed E-state index contributed by atoms with van der Waals surface area (Å²) in [5, 5.41) is 8.65. The third kappa shape index (κ3) is 4.38. The van der Waals surface area contributed by atoms with Crippen molar-refractivity contribution in [3.05, 3.63) is 0 Å². The summed E-state index contributed by atoms with van der Waals surface area (Å²) < 4.78 is 0. The van der Waals surface area contributed by atoms with E-state index in [1.54, 1.807) is 4.90 Å².